The van der Waals surface area contributed by atoms with Crippen LogP contribution in [-0.4, -0.2) is 61.9 Å². The zero-order valence-electron chi connectivity index (χ0n) is 11.9. The van der Waals surface area contributed by atoms with E-state index in [1.807, 2.05) is 0 Å². The summed E-state index contributed by atoms with van der Waals surface area (Å²) < 4.78 is 15.5. The van der Waals surface area contributed by atoms with Crippen molar-refractivity contribution in [3.05, 3.63) is 23.8 Å². The second-order valence-electron chi connectivity index (χ2n) is 4.49. The standard InChI is InChI=1S/C14H17NO6/c1-19-9-4-3-5-10(20-2)12(9)13(16)15-6-7-21-11(8-15)14(17)18/h3-5,11H,6-8H2,1-2H3,(H,17,18). The summed E-state index contributed by atoms with van der Waals surface area (Å²) in [7, 11) is 2.93. The maximum Gasteiger partial charge on any atom is 0.334 e. The van der Waals surface area contributed by atoms with Crippen LogP contribution in [0.1, 0.15) is 10.4 Å². The molecule has 0 spiro atoms. The number of carboxylic acids is 1. The number of ether oxygens (including phenoxy) is 3. The van der Waals surface area contributed by atoms with E-state index in [1.54, 1.807) is 18.2 Å². The van der Waals surface area contributed by atoms with Crippen LogP contribution in [0.3, 0.4) is 0 Å². The fourth-order valence-corrected chi connectivity index (χ4v) is 2.20. The number of hydrogen-bond donors (Lipinski definition) is 1. The van der Waals surface area contributed by atoms with Crippen LogP contribution < -0.4 is 9.47 Å². The summed E-state index contributed by atoms with van der Waals surface area (Å²) in [5.41, 5.74) is 0.286. The van der Waals surface area contributed by atoms with Gasteiger partial charge in [-0.1, -0.05) is 6.07 Å². The first kappa shape index (κ1) is 15.1. The van der Waals surface area contributed by atoms with Gasteiger partial charge in [0.15, 0.2) is 6.10 Å². The van der Waals surface area contributed by atoms with E-state index in [1.165, 1.54) is 19.1 Å². The lowest BCUT2D eigenvalue weighted by atomic mass is 10.1. The quantitative estimate of drug-likeness (QED) is 0.877. The van der Waals surface area contributed by atoms with Crippen molar-refractivity contribution in [3.8, 4) is 11.5 Å². The Hall–Kier alpha value is -2.28. The van der Waals surface area contributed by atoms with Crippen LogP contribution in [0.25, 0.3) is 0 Å². The van der Waals surface area contributed by atoms with Crippen molar-refractivity contribution in [3.63, 3.8) is 0 Å². The van der Waals surface area contributed by atoms with Gasteiger partial charge >= 0.3 is 5.97 Å². The summed E-state index contributed by atoms with van der Waals surface area (Å²) in [5, 5.41) is 9.00. The third-order valence-corrected chi connectivity index (χ3v) is 3.27. The number of carbonyl (C=O) groups is 2. The number of rotatable bonds is 4. The van der Waals surface area contributed by atoms with E-state index in [9.17, 15) is 9.59 Å². The molecule has 1 heterocycles. The third kappa shape index (κ3) is 3.08. The van der Waals surface area contributed by atoms with Crippen molar-refractivity contribution in [1.82, 2.24) is 4.90 Å². The highest BCUT2D eigenvalue weighted by atomic mass is 16.5. The lowest BCUT2D eigenvalue weighted by Crippen LogP contribution is -2.48. The molecule has 0 aliphatic carbocycles. The predicted octanol–water partition coefficient (Wildman–Crippen LogP) is 0.629. The Labute approximate surface area is 122 Å². The van der Waals surface area contributed by atoms with Gasteiger partial charge in [-0.15, -0.1) is 0 Å². The summed E-state index contributed by atoms with van der Waals surface area (Å²) in [6.07, 6.45) is -1.01. The number of nitrogens with zero attached hydrogens (tertiary/aromatic N) is 1. The Kier molecular flexibility index (Phi) is 4.64. The highest BCUT2D eigenvalue weighted by molar-refractivity contribution is 6.00. The number of benzene rings is 1. The van der Waals surface area contributed by atoms with E-state index < -0.39 is 12.1 Å². The number of hydrogen-bond acceptors (Lipinski definition) is 5. The van der Waals surface area contributed by atoms with Gasteiger partial charge in [0, 0.05) is 6.54 Å². The molecule has 21 heavy (non-hydrogen) atoms. The summed E-state index contributed by atoms with van der Waals surface area (Å²) in [5.74, 6) is -0.645. The van der Waals surface area contributed by atoms with Crippen molar-refractivity contribution in [1.29, 1.82) is 0 Å². The van der Waals surface area contributed by atoms with E-state index in [4.69, 9.17) is 19.3 Å². The van der Waals surface area contributed by atoms with Crippen molar-refractivity contribution >= 4 is 11.9 Å². The van der Waals surface area contributed by atoms with E-state index >= 15 is 0 Å². The molecule has 1 aromatic rings. The van der Waals surface area contributed by atoms with Crippen LogP contribution in [0.4, 0.5) is 0 Å². The maximum atomic E-state index is 12.6. The van der Waals surface area contributed by atoms with Gasteiger partial charge in [0.1, 0.15) is 17.1 Å². The lowest BCUT2D eigenvalue weighted by molar-refractivity contribution is -0.154. The summed E-state index contributed by atoms with van der Waals surface area (Å²) in [6.45, 7) is 0.499. The second kappa shape index (κ2) is 6.45. The molecule has 1 fully saturated rings. The van der Waals surface area contributed by atoms with E-state index in [0.717, 1.165) is 0 Å². The molecule has 1 aliphatic rings. The average Bonchev–Trinajstić information content (AvgIpc) is 2.53. The first-order valence-corrected chi connectivity index (χ1v) is 6.43. The molecule has 2 rings (SSSR count). The highest BCUT2D eigenvalue weighted by Crippen LogP contribution is 2.30. The molecule has 1 aliphatic heterocycles. The van der Waals surface area contributed by atoms with Crippen LogP contribution in [0.5, 0.6) is 11.5 Å². The van der Waals surface area contributed by atoms with Crippen molar-refractivity contribution in [2.24, 2.45) is 0 Å². The fraction of sp³-hybridized carbons (Fsp3) is 0.429. The number of carboxylic acid groups (broad SMARTS) is 1. The number of carbonyl (C=O) groups excluding carboxylic acids is 1. The molecule has 1 atom stereocenters. The molecule has 7 nitrogen and oxygen atoms in total. The Morgan fingerprint density at radius 2 is 1.90 bits per heavy atom. The van der Waals surface area contributed by atoms with E-state index in [-0.39, 0.29) is 24.6 Å². The van der Waals surface area contributed by atoms with Gasteiger partial charge in [-0.3, -0.25) is 4.79 Å². The minimum Gasteiger partial charge on any atom is -0.496 e. The summed E-state index contributed by atoms with van der Waals surface area (Å²) in [6, 6.07) is 5.03. The molecule has 0 saturated carbocycles. The molecule has 1 aromatic carbocycles. The lowest BCUT2D eigenvalue weighted by Gasteiger charge is -2.31. The van der Waals surface area contributed by atoms with Crippen molar-refractivity contribution < 1.29 is 28.9 Å². The number of amides is 1. The molecule has 0 radical (unpaired) electrons. The van der Waals surface area contributed by atoms with Gasteiger partial charge in [0.05, 0.1) is 27.4 Å². The Morgan fingerprint density at radius 1 is 1.29 bits per heavy atom. The smallest absolute Gasteiger partial charge is 0.334 e. The minimum absolute atomic E-state index is 0.00459. The maximum absolute atomic E-state index is 12.6. The second-order valence-corrected chi connectivity index (χ2v) is 4.49. The molecule has 114 valence electrons. The zero-order valence-corrected chi connectivity index (χ0v) is 11.9. The van der Waals surface area contributed by atoms with Gasteiger partial charge in [-0.2, -0.15) is 0 Å². The molecule has 1 amide bonds. The Bertz CT molecular complexity index is 522. The molecule has 0 bridgehead atoms. The van der Waals surface area contributed by atoms with Crippen LogP contribution in [0, 0.1) is 0 Å². The molecule has 7 heteroatoms. The van der Waals surface area contributed by atoms with Gasteiger partial charge in [0.2, 0.25) is 0 Å². The highest BCUT2D eigenvalue weighted by Gasteiger charge is 2.31. The van der Waals surface area contributed by atoms with E-state index in [2.05, 4.69) is 0 Å². The number of methoxy groups -OCH3 is 2. The normalized spacial score (nSPS) is 18.2. The summed E-state index contributed by atoms with van der Waals surface area (Å²) >= 11 is 0. The molecular weight excluding hydrogens is 278 g/mol. The molecule has 1 unspecified atom stereocenters. The SMILES string of the molecule is COc1cccc(OC)c1C(=O)N1CCOC(C(=O)O)C1. The van der Waals surface area contributed by atoms with Crippen molar-refractivity contribution in [2.75, 3.05) is 33.9 Å². The minimum atomic E-state index is -1.08. The van der Waals surface area contributed by atoms with Gasteiger partial charge < -0.3 is 24.2 Å². The summed E-state index contributed by atoms with van der Waals surface area (Å²) in [4.78, 5) is 25.1. The molecule has 1 N–H and O–H groups in total. The van der Waals surface area contributed by atoms with Crippen LogP contribution in [-0.2, 0) is 9.53 Å². The monoisotopic (exact) mass is 295 g/mol. The molecule has 1 saturated heterocycles. The first-order chi connectivity index (χ1) is 10.1. The topological polar surface area (TPSA) is 85.3 Å². The first-order valence-electron chi connectivity index (χ1n) is 6.43. The number of morpholine rings is 1. The number of aliphatic carboxylic acids is 1. The van der Waals surface area contributed by atoms with Gasteiger partial charge in [-0.25, -0.2) is 4.79 Å². The van der Waals surface area contributed by atoms with Crippen LogP contribution in [0.2, 0.25) is 0 Å². The fourth-order valence-electron chi connectivity index (χ4n) is 2.20. The van der Waals surface area contributed by atoms with Gasteiger partial charge in [0.25, 0.3) is 5.91 Å². The van der Waals surface area contributed by atoms with Gasteiger partial charge in [-0.05, 0) is 12.1 Å². The Morgan fingerprint density at radius 3 is 2.43 bits per heavy atom. The predicted molar refractivity (Wildman–Crippen MR) is 72.8 cm³/mol. The average molecular weight is 295 g/mol. The van der Waals surface area contributed by atoms with E-state index in [0.29, 0.717) is 18.0 Å². The van der Waals surface area contributed by atoms with Crippen LogP contribution in [0.15, 0.2) is 18.2 Å². The molecular formula is C14H17NO6. The zero-order chi connectivity index (χ0) is 15.4. The van der Waals surface area contributed by atoms with Crippen molar-refractivity contribution in [2.45, 2.75) is 6.10 Å². The Balaban J connectivity index is 2.29. The molecule has 0 aromatic heterocycles. The largest absolute Gasteiger partial charge is 0.496 e. The third-order valence-electron chi connectivity index (χ3n) is 3.27. The van der Waals surface area contributed by atoms with Crippen LogP contribution >= 0.6 is 0 Å².